The van der Waals surface area contributed by atoms with Gasteiger partial charge in [0.05, 0.1) is 33.5 Å². The van der Waals surface area contributed by atoms with Crippen LogP contribution in [-0.4, -0.2) is 33.5 Å². The van der Waals surface area contributed by atoms with Crippen molar-refractivity contribution in [2.45, 2.75) is 387 Å². The molecule has 5 saturated carbocycles. The fourth-order valence-corrected chi connectivity index (χ4v) is 21.7. The average molecular weight is 1940 g/mol. The van der Waals surface area contributed by atoms with Gasteiger partial charge in [-0.3, -0.25) is 0 Å². The zero-order valence-corrected chi connectivity index (χ0v) is 91.3. The van der Waals surface area contributed by atoms with Crippen LogP contribution in [0.2, 0.25) is 0 Å². The molecule has 770 valence electrons. The van der Waals surface area contributed by atoms with Crippen molar-refractivity contribution in [2.24, 2.45) is 29.6 Å². The van der Waals surface area contributed by atoms with Crippen LogP contribution in [-0.2, 0) is 0 Å². The Morgan fingerprint density at radius 2 is 0.345 bits per heavy atom. The molecule has 0 saturated heterocycles. The predicted octanol–water partition coefficient (Wildman–Crippen LogP) is 38.6. The molecule has 0 aromatic heterocycles. The van der Waals surface area contributed by atoms with Crippen LogP contribution < -0.4 is 23.7 Å². The van der Waals surface area contributed by atoms with Crippen molar-refractivity contribution in [3.05, 3.63) is 326 Å². The molecule has 0 heterocycles. The van der Waals surface area contributed by atoms with E-state index in [1.54, 1.807) is 7.11 Å². The van der Waals surface area contributed by atoms with Gasteiger partial charge in [-0.1, -0.05) is 323 Å². The van der Waals surface area contributed by atoms with E-state index in [1.165, 1.54) is 297 Å². The van der Waals surface area contributed by atoms with Crippen LogP contribution in [0.3, 0.4) is 0 Å². The van der Waals surface area contributed by atoms with Gasteiger partial charge >= 0.3 is 0 Å². The summed E-state index contributed by atoms with van der Waals surface area (Å²) in [5, 5.41) is 0. The van der Waals surface area contributed by atoms with E-state index in [9.17, 15) is 0 Å². The van der Waals surface area contributed by atoms with E-state index in [0.29, 0.717) is 6.61 Å². The molecule has 10 aromatic rings. The van der Waals surface area contributed by atoms with Gasteiger partial charge in [-0.25, -0.2) is 0 Å². The molecule has 0 N–H and O–H groups in total. The summed E-state index contributed by atoms with van der Waals surface area (Å²) in [6.07, 6.45) is 62.5. The summed E-state index contributed by atoms with van der Waals surface area (Å²) in [4.78, 5) is 0. The van der Waals surface area contributed by atoms with Crippen LogP contribution in [0.25, 0.3) is 0 Å². The normalized spacial score (nSPS) is 18.7. The highest BCUT2D eigenvalue weighted by molar-refractivity contribution is 5.51. The first-order valence-corrected chi connectivity index (χ1v) is 58.1. The zero-order valence-electron chi connectivity index (χ0n) is 91.3. The maximum Gasteiger partial charge on any atom is 0.119 e. The summed E-state index contributed by atoms with van der Waals surface area (Å²) in [6, 6.07) is 85.1. The van der Waals surface area contributed by atoms with Crippen molar-refractivity contribution < 1.29 is 23.7 Å². The minimum absolute atomic E-state index is 0.692. The molecule has 5 heteroatoms. The molecule has 5 aliphatic carbocycles. The molecule has 0 amide bonds. The Balaban J connectivity index is 0.000000173. The van der Waals surface area contributed by atoms with Gasteiger partial charge in [-0.05, 0) is 424 Å². The Kier molecular flexibility index (Phi) is 54.0. The first kappa shape index (κ1) is 114. The number of hydrogen-bond acceptors (Lipinski definition) is 5. The molecule has 145 heavy (non-hydrogen) atoms. The van der Waals surface area contributed by atoms with E-state index >= 15 is 0 Å². The van der Waals surface area contributed by atoms with E-state index in [1.807, 2.05) is 116 Å². The van der Waals surface area contributed by atoms with Gasteiger partial charge in [-0.2, -0.15) is 0 Å². The number of methoxy groups -OCH3 is 1. The number of hydrogen-bond donors (Lipinski definition) is 0. The lowest BCUT2D eigenvalue weighted by atomic mass is 9.77. The summed E-state index contributed by atoms with van der Waals surface area (Å²) in [5.41, 5.74) is 18.1. The molecule has 0 spiro atoms. The van der Waals surface area contributed by atoms with Crippen LogP contribution >= 0.6 is 0 Å². The van der Waals surface area contributed by atoms with Gasteiger partial charge in [0.25, 0.3) is 0 Å². The standard InChI is InChI=1S/C30H40O.C29H38O.C28H36O.C27H34O.C26H32O/c1-3-5-7-9-25-12-18-28(19-13-25)29-20-14-26(15-21-29)10-11-27-16-22-30(23-17-27)31-24-8-6-4-2;1-3-5-7-8-24-11-17-27(18-12-24)28-19-13-25(14-20-28)9-10-26-15-21-29(22-16-26)30-23-6-4-2;1-3-5-6-7-23-10-16-26(17-11-23)27-18-12-24(13-19-27)8-9-25-14-20-28(21-15-25)29-22-4-2;1-3-5-6-7-22-10-16-25(17-11-22)26-18-12-23(13-19-26)8-9-24-14-20-27(21-15-24)28-4-2;1-3-4-5-6-21-9-15-24(16-10-21)25-17-11-22(12-18-25)7-8-23-13-19-26(27-2)20-14-23/h14-17,20-23,25,28H,3-9,12-13,18-19,24H2,1-2H3;13-16,19-22,24,27H,3-8,11-12,17-18,23H2,1-2H3;12-15,18-21,23,26H,3-7,10-11,16-17,22H2,1-2H3;12-15,18-22,25H,3-7,10-11,16-17H2,1-2H3;11-14,17-21,24H,3-6,9-10,15-16H2,1-2H3. The highest BCUT2D eigenvalue weighted by atomic mass is 16.5. The lowest BCUT2D eigenvalue weighted by Crippen LogP contribution is -2.13. The van der Waals surface area contributed by atoms with Crippen molar-refractivity contribution >= 4 is 0 Å². The molecule has 0 radical (unpaired) electrons. The number of ether oxygens (including phenoxy) is 5. The van der Waals surface area contributed by atoms with E-state index in [-0.39, 0.29) is 0 Å². The van der Waals surface area contributed by atoms with E-state index < -0.39 is 0 Å². The van der Waals surface area contributed by atoms with Gasteiger partial charge in [0.1, 0.15) is 28.7 Å². The Morgan fingerprint density at radius 1 is 0.172 bits per heavy atom. The van der Waals surface area contributed by atoms with Gasteiger partial charge in [0.2, 0.25) is 0 Å². The molecule has 15 rings (SSSR count). The molecule has 0 unspecified atom stereocenters. The topological polar surface area (TPSA) is 46.2 Å². The number of unbranched alkanes of at least 4 members (excludes halogenated alkanes) is 13. The quantitative estimate of drug-likeness (QED) is 0.0283. The predicted molar refractivity (Wildman–Crippen MR) is 617 cm³/mol. The largest absolute Gasteiger partial charge is 0.497 e. The molecule has 10 aromatic carbocycles. The molecule has 5 aliphatic rings. The maximum absolute atomic E-state index is 5.78. The van der Waals surface area contributed by atoms with Crippen molar-refractivity contribution in [3.63, 3.8) is 0 Å². The van der Waals surface area contributed by atoms with E-state index in [0.717, 1.165) is 189 Å². The van der Waals surface area contributed by atoms with Gasteiger partial charge in [-0.15, -0.1) is 0 Å². The minimum atomic E-state index is 0.692. The Hall–Kier alpha value is -11.0. The monoisotopic (exact) mass is 1940 g/mol. The average Bonchev–Trinajstić information content (AvgIpc) is 0.861. The fourth-order valence-electron chi connectivity index (χ4n) is 21.7. The van der Waals surface area contributed by atoms with Crippen molar-refractivity contribution in [3.8, 4) is 88.0 Å². The Morgan fingerprint density at radius 3 is 0.531 bits per heavy atom. The first-order chi connectivity index (χ1) is 71.4. The zero-order chi connectivity index (χ0) is 102. The van der Waals surface area contributed by atoms with E-state index in [2.05, 4.69) is 248 Å². The highest BCUT2D eigenvalue weighted by Crippen LogP contribution is 2.44. The molecule has 0 bridgehead atoms. The molecular formula is C140H180O5. The summed E-state index contributed by atoms with van der Waals surface area (Å²) in [6.45, 7) is 23.0. The van der Waals surface area contributed by atoms with E-state index in [4.69, 9.17) is 23.7 Å². The summed E-state index contributed by atoms with van der Waals surface area (Å²) in [7, 11) is 1.68. The smallest absolute Gasteiger partial charge is 0.119 e. The van der Waals surface area contributed by atoms with Crippen LogP contribution in [0, 0.1) is 88.8 Å². The number of benzene rings is 10. The third kappa shape index (κ3) is 43.5. The summed E-state index contributed by atoms with van der Waals surface area (Å²) < 4.78 is 27.8. The number of rotatable bonds is 40. The second-order valence-corrected chi connectivity index (χ2v) is 42.3. The second-order valence-electron chi connectivity index (χ2n) is 42.3. The SMILES string of the molecule is CCCCCC1CCC(c2ccc(C#Cc3ccc(OC)cc3)cc2)CC1.CCCCCC1CCC(c2ccc(C#Cc3ccc(OCC)cc3)cc2)CC1.CCCCCC1CCC(c2ccc(C#Cc3ccc(OCCC)cc3)cc2)CC1.CCCCCC1CCC(c2ccc(C#Cc3ccc(OCCCC)cc3)cc2)CC1.CCCCCOc1ccc(C#Cc2ccc(C3CCC(CCCCC)CC3)cc2)cc1. The van der Waals surface area contributed by atoms with Crippen LogP contribution in [0.5, 0.6) is 28.7 Å². The summed E-state index contributed by atoms with van der Waals surface area (Å²) >= 11 is 0. The van der Waals surface area contributed by atoms with Crippen LogP contribution in [0.15, 0.2) is 243 Å². The maximum atomic E-state index is 5.78. The molecular weight excluding hydrogens is 1760 g/mol. The van der Waals surface area contributed by atoms with Crippen LogP contribution in [0.1, 0.15) is 471 Å². The molecule has 0 atom stereocenters. The lowest BCUT2D eigenvalue weighted by Gasteiger charge is -2.29. The fraction of sp³-hybridized carbons (Fsp3) is 0.500. The third-order valence-corrected chi connectivity index (χ3v) is 31.1. The molecule has 0 aliphatic heterocycles. The third-order valence-electron chi connectivity index (χ3n) is 31.1. The molecule has 5 nitrogen and oxygen atoms in total. The van der Waals surface area contributed by atoms with Gasteiger partial charge in [0, 0.05) is 55.6 Å². The molecule has 5 fully saturated rings. The second kappa shape index (κ2) is 68.4. The Labute approximate surface area is 882 Å². The highest BCUT2D eigenvalue weighted by Gasteiger charge is 2.28. The van der Waals surface area contributed by atoms with Gasteiger partial charge < -0.3 is 23.7 Å². The van der Waals surface area contributed by atoms with Gasteiger partial charge in [0.15, 0.2) is 0 Å². The minimum Gasteiger partial charge on any atom is -0.497 e. The first-order valence-electron chi connectivity index (χ1n) is 58.1. The van der Waals surface area contributed by atoms with Crippen molar-refractivity contribution in [2.75, 3.05) is 33.5 Å². The van der Waals surface area contributed by atoms with Crippen molar-refractivity contribution in [1.82, 2.24) is 0 Å². The Bertz CT molecular complexity index is 5450. The summed E-state index contributed by atoms with van der Waals surface area (Å²) in [5.74, 6) is 46.0. The van der Waals surface area contributed by atoms with Crippen LogP contribution in [0.4, 0.5) is 0 Å². The van der Waals surface area contributed by atoms with Crippen molar-refractivity contribution in [1.29, 1.82) is 0 Å². The lowest BCUT2D eigenvalue weighted by molar-refractivity contribution is 0.303.